The Morgan fingerprint density at radius 3 is 1.54 bits per heavy atom. The fourth-order valence-electron chi connectivity index (χ4n) is 9.60. The van der Waals surface area contributed by atoms with Crippen LogP contribution in [0, 0.1) is 25.5 Å². The molecule has 0 amide bonds. The number of amidine groups is 2. The molecule has 2 saturated heterocycles. The average Bonchev–Trinajstić information content (AvgIpc) is 4.19. The molecule has 1 N–H and O–H groups in total. The van der Waals surface area contributed by atoms with Crippen LogP contribution in [0.2, 0.25) is 0 Å². The maximum absolute atomic E-state index is 13.8. The predicted molar refractivity (Wildman–Crippen MR) is 286 cm³/mol. The Morgan fingerprint density at radius 1 is 0.703 bits per heavy atom. The largest absolute Gasteiger partial charge is 0.495 e. The molecule has 6 aromatic rings. The highest BCUT2D eigenvalue weighted by Gasteiger charge is 2.52. The van der Waals surface area contributed by atoms with Gasteiger partial charge in [-0.25, -0.2) is 27.2 Å². The van der Waals surface area contributed by atoms with Crippen molar-refractivity contribution in [1.82, 2.24) is 38.5 Å². The summed E-state index contributed by atoms with van der Waals surface area (Å²) in [5.41, 5.74) is 7.12. The molecule has 6 heterocycles. The van der Waals surface area contributed by atoms with Crippen molar-refractivity contribution in [3.63, 3.8) is 0 Å². The van der Waals surface area contributed by atoms with Crippen LogP contribution in [0.3, 0.4) is 0 Å². The molecule has 0 spiro atoms. The number of nitrogens with one attached hydrogen (secondary N) is 1. The molecule has 0 aliphatic carbocycles. The minimum absolute atomic E-state index is 0. The summed E-state index contributed by atoms with van der Waals surface area (Å²) in [6.45, 7) is 5.81. The molecule has 4 aliphatic rings. The molecular formula is C55H66F2N10O6S. The third-order valence-corrected chi connectivity index (χ3v) is 14.5. The van der Waals surface area contributed by atoms with Gasteiger partial charge in [-0.15, -0.1) is 0 Å². The number of fused-ring (bicyclic) bond motifs is 2. The summed E-state index contributed by atoms with van der Waals surface area (Å²) in [5.74, 6) is 2.26. The number of piperidine rings is 2. The summed E-state index contributed by atoms with van der Waals surface area (Å²) in [5, 5.41) is 12.2. The van der Waals surface area contributed by atoms with Crippen molar-refractivity contribution in [2.45, 2.75) is 65.8 Å². The van der Waals surface area contributed by atoms with Gasteiger partial charge in [0, 0.05) is 43.7 Å². The number of ether oxygens (including phenoxy) is 2. The van der Waals surface area contributed by atoms with E-state index in [0.717, 1.165) is 101 Å². The number of sulfonamides is 1. The van der Waals surface area contributed by atoms with Crippen LogP contribution < -0.4 is 14.8 Å². The molecule has 0 bridgehead atoms. The Balaban J connectivity index is 0.000000212. The maximum atomic E-state index is 13.8. The summed E-state index contributed by atoms with van der Waals surface area (Å²) in [7, 11) is 3.17. The first kappa shape index (κ1) is 54.4. The molecule has 4 aromatic carbocycles. The van der Waals surface area contributed by atoms with Crippen molar-refractivity contribution in [3.05, 3.63) is 166 Å². The van der Waals surface area contributed by atoms with Crippen molar-refractivity contribution < 1.29 is 36.3 Å². The Morgan fingerprint density at radius 2 is 1.14 bits per heavy atom. The number of rotatable bonds is 13. The Hall–Kier alpha value is -7.35. The van der Waals surface area contributed by atoms with Crippen molar-refractivity contribution in [2.24, 2.45) is 10.3 Å². The number of hydrogen-bond donors (Lipinski definition) is 1. The molecule has 392 valence electrons. The first-order valence-electron chi connectivity index (χ1n) is 23.6. The fourth-order valence-corrected chi connectivity index (χ4v) is 10.0. The highest BCUT2D eigenvalue weighted by Crippen LogP contribution is 2.43. The second-order valence-corrected chi connectivity index (χ2v) is 20.3. The van der Waals surface area contributed by atoms with Gasteiger partial charge in [0.05, 0.1) is 69.0 Å². The minimum atomic E-state index is -3.51. The lowest BCUT2D eigenvalue weighted by Gasteiger charge is -2.41. The van der Waals surface area contributed by atoms with Crippen molar-refractivity contribution in [3.8, 4) is 22.9 Å². The van der Waals surface area contributed by atoms with Crippen LogP contribution in [0.1, 0.15) is 74.2 Å². The number of hydrogen-bond acceptors (Lipinski definition) is 13. The summed E-state index contributed by atoms with van der Waals surface area (Å²) in [6, 6.07) is 24.4. The molecule has 2 atom stereocenters. The van der Waals surface area contributed by atoms with Crippen molar-refractivity contribution in [2.75, 3.05) is 60.7 Å². The molecule has 0 radical (unpaired) electrons. The van der Waals surface area contributed by atoms with Gasteiger partial charge >= 0.3 is 0 Å². The normalized spacial score (nSPS) is 20.0. The van der Waals surface area contributed by atoms with E-state index in [2.05, 4.69) is 42.6 Å². The van der Waals surface area contributed by atoms with Crippen LogP contribution in [0.5, 0.6) is 11.5 Å². The van der Waals surface area contributed by atoms with Gasteiger partial charge in [-0.3, -0.25) is 0 Å². The number of methoxy groups -OCH3 is 2. The summed E-state index contributed by atoms with van der Waals surface area (Å²) in [6.07, 6.45) is 16.2. The van der Waals surface area contributed by atoms with Crippen LogP contribution in [-0.4, -0.2) is 114 Å². The van der Waals surface area contributed by atoms with Gasteiger partial charge < -0.3 is 43.4 Å². The SMILES string of the molecule is C.C.CNC[C@]1(c2ccc(F)cc2)ON=C2/C(=C/c3ccc(-n4cnc(C)c4)c(OC)c3)CCCN21.COc1cc(/C=C2\CCCN3C2=NO[C@]3(CN(C)S(C)(=O)=O)c2ccc(F)cc2)ccc1-n1cnc(C)c1. The van der Waals surface area contributed by atoms with Gasteiger partial charge in [-0.2, -0.15) is 4.31 Å². The van der Waals surface area contributed by atoms with Gasteiger partial charge in [0.2, 0.25) is 15.7 Å². The Bertz CT molecular complexity index is 3190. The van der Waals surface area contributed by atoms with E-state index in [1.54, 1.807) is 51.1 Å². The van der Waals surface area contributed by atoms with E-state index in [1.807, 2.05) is 83.7 Å². The molecule has 74 heavy (non-hydrogen) atoms. The molecule has 4 aliphatic heterocycles. The molecule has 19 heteroatoms. The number of aryl methyl sites for hydroxylation is 2. The standard InChI is InChI=1S/C27H30FN5O4S.C26H28FN5O2.2CH4/c1-19-16-32(18-29-19)24-12-7-20(15-25(24)36-3)14-21-6-5-13-33-26(21)30-37-27(33,17-31(2)38(4,34)35)22-8-10-23(28)11-9-22;1-18-15-31(17-29-18)23-11-6-19(14-24(23)33-3)13-20-5-4-12-32-25(20)30-34-26(32,16-28-2)21-7-9-22(27)10-8-21;;/h7-12,14-16,18H,5-6,13,17H2,1-4H3;6-11,13-15,17,28H,4-5,12,16H2,1-3H3;2*1H4/b21-14+;20-13+;;/t27-;26-;;/m11../s1. The zero-order valence-electron chi connectivity index (χ0n) is 41.3. The number of imidazole rings is 2. The van der Waals surface area contributed by atoms with E-state index in [0.29, 0.717) is 30.2 Å². The second-order valence-electron chi connectivity index (χ2n) is 18.2. The van der Waals surface area contributed by atoms with E-state index in [4.69, 9.17) is 19.1 Å². The van der Waals surface area contributed by atoms with Gasteiger partial charge in [-0.05, 0) is 130 Å². The number of likely N-dealkylation sites (N-methyl/N-ethyl adjacent to an activating group) is 2. The quantitative estimate of drug-likeness (QED) is 0.118. The van der Waals surface area contributed by atoms with Crippen LogP contribution in [-0.2, 0) is 31.1 Å². The monoisotopic (exact) mass is 1030 g/mol. The molecule has 0 saturated carbocycles. The maximum Gasteiger partial charge on any atom is 0.251 e. The first-order valence-corrected chi connectivity index (χ1v) is 25.4. The average molecular weight is 1030 g/mol. The number of halogens is 2. The van der Waals surface area contributed by atoms with E-state index in [9.17, 15) is 17.2 Å². The van der Waals surface area contributed by atoms with Crippen LogP contribution in [0.15, 0.2) is 131 Å². The smallest absolute Gasteiger partial charge is 0.251 e. The molecule has 16 nitrogen and oxygen atoms in total. The number of oxime groups is 2. The molecule has 2 fully saturated rings. The lowest BCUT2D eigenvalue weighted by Crippen LogP contribution is -2.55. The van der Waals surface area contributed by atoms with Gasteiger partial charge in [0.25, 0.3) is 5.72 Å². The zero-order valence-corrected chi connectivity index (χ0v) is 42.2. The number of aromatic nitrogens is 4. The van der Waals surface area contributed by atoms with Gasteiger partial charge in [-0.1, -0.05) is 61.6 Å². The van der Waals surface area contributed by atoms with E-state index < -0.39 is 21.5 Å². The predicted octanol–water partition coefficient (Wildman–Crippen LogP) is 9.39. The topological polar surface area (TPSA) is 153 Å². The minimum Gasteiger partial charge on any atom is -0.495 e. The van der Waals surface area contributed by atoms with Crippen molar-refractivity contribution >= 4 is 33.8 Å². The Kier molecular flexibility index (Phi) is 16.5. The van der Waals surface area contributed by atoms with Gasteiger partial charge in [0.1, 0.15) is 23.1 Å². The summed E-state index contributed by atoms with van der Waals surface area (Å²) >= 11 is 0. The second kappa shape index (κ2) is 22.4. The molecular weight excluding hydrogens is 967 g/mol. The number of benzene rings is 4. The van der Waals surface area contributed by atoms with Crippen LogP contribution in [0.4, 0.5) is 8.78 Å². The molecule has 10 rings (SSSR count). The summed E-state index contributed by atoms with van der Waals surface area (Å²) in [4.78, 5) is 25.0. The van der Waals surface area contributed by atoms with Crippen LogP contribution >= 0.6 is 0 Å². The fraction of sp³-hybridized carbons (Fsp3) is 0.345. The number of nitrogens with zero attached hydrogens (tertiary/aromatic N) is 9. The van der Waals surface area contributed by atoms with Gasteiger partial charge in [0.15, 0.2) is 11.7 Å². The first-order chi connectivity index (χ1) is 34.6. The third kappa shape index (κ3) is 10.8. The highest BCUT2D eigenvalue weighted by atomic mass is 32.2. The van der Waals surface area contributed by atoms with E-state index in [-0.39, 0.29) is 33.0 Å². The lowest BCUT2D eigenvalue weighted by atomic mass is 9.94. The van der Waals surface area contributed by atoms with Crippen LogP contribution in [0.25, 0.3) is 23.5 Å². The van der Waals surface area contributed by atoms with Crippen molar-refractivity contribution in [1.29, 1.82) is 0 Å². The lowest BCUT2D eigenvalue weighted by molar-refractivity contribution is -0.113. The van der Waals surface area contributed by atoms with E-state index >= 15 is 0 Å². The summed E-state index contributed by atoms with van der Waals surface area (Å²) < 4.78 is 68.5. The Labute approximate surface area is 433 Å². The molecule has 2 aromatic heterocycles. The highest BCUT2D eigenvalue weighted by molar-refractivity contribution is 7.88. The third-order valence-electron chi connectivity index (χ3n) is 13.3. The zero-order chi connectivity index (χ0) is 50.8. The van der Waals surface area contributed by atoms with E-state index in [1.165, 1.54) is 35.6 Å². The molecule has 0 unspecified atom stereocenters.